The van der Waals surface area contributed by atoms with Crippen molar-refractivity contribution < 1.29 is 4.79 Å². The Kier molecular flexibility index (Phi) is 6.46. The summed E-state index contributed by atoms with van der Waals surface area (Å²) in [6.07, 6.45) is 6.75. The molecule has 0 heterocycles. The zero-order valence-electron chi connectivity index (χ0n) is 12.8. The maximum atomic E-state index is 11.6. The molecule has 0 unspecified atom stereocenters. The van der Waals surface area contributed by atoms with Crippen LogP contribution in [0.1, 0.15) is 51.2 Å². The third-order valence-electron chi connectivity index (χ3n) is 3.16. The minimum Gasteiger partial charge on any atom is -0.353 e. The van der Waals surface area contributed by atoms with Crippen LogP contribution >= 0.6 is 0 Å². The molecule has 1 rings (SSSR count). The normalized spacial score (nSPS) is 11.8. The smallest absolute Gasteiger partial charge is 0.243 e. The van der Waals surface area contributed by atoms with E-state index in [0.29, 0.717) is 0 Å². The Morgan fingerprint density at radius 2 is 1.90 bits per heavy atom. The van der Waals surface area contributed by atoms with Gasteiger partial charge in [-0.25, -0.2) is 0 Å². The summed E-state index contributed by atoms with van der Waals surface area (Å²) in [4.78, 5) is 11.6. The third kappa shape index (κ3) is 6.02. The molecule has 0 aliphatic rings. The largest absolute Gasteiger partial charge is 0.353 e. The lowest BCUT2D eigenvalue weighted by Crippen LogP contribution is -2.28. The van der Waals surface area contributed by atoms with Crippen molar-refractivity contribution in [2.75, 3.05) is 6.54 Å². The summed E-state index contributed by atoms with van der Waals surface area (Å²) >= 11 is 0. The highest BCUT2D eigenvalue weighted by atomic mass is 16.1. The third-order valence-corrected chi connectivity index (χ3v) is 3.16. The molecule has 0 bridgehead atoms. The minimum atomic E-state index is -0.334. The number of nitrogens with two attached hydrogens (primary N) is 1. The van der Waals surface area contributed by atoms with Crippen LogP contribution in [-0.4, -0.2) is 12.5 Å². The van der Waals surface area contributed by atoms with Gasteiger partial charge in [0, 0.05) is 18.2 Å². The summed E-state index contributed by atoms with van der Waals surface area (Å²) in [6, 6.07) is 7.95. The van der Waals surface area contributed by atoms with E-state index in [9.17, 15) is 4.79 Å². The summed E-state index contributed by atoms with van der Waals surface area (Å²) in [5.74, 6) is -0.0377. The lowest BCUT2D eigenvalue weighted by atomic mass is 9.95. The van der Waals surface area contributed by atoms with Gasteiger partial charge in [-0.3, -0.25) is 4.79 Å². The number of unbranched alkanes of at least 4 members (excludes halogenated alkanes) is 2. The number of rotatable bonds is 7. The molecule has 1 aromatic rings. The summed E-state index contributed by atoms with van der Waals surface area (Å²) in [7, 11) is 0. The molecule has 0 spiro atoms. The Bertz CT molecular complexity index is 441. The van der Waals surface area contributed by atoms with Gasteiger partial charge in [0.25, 0.3) is 0 Å². The van der Waals surface area contributed by atoms with Crippen LogP contribution in [0.4, 0.5) is 0 Å². The molecule has 0 saturated heterocycles. The van der Waals surface area contributed by atoms with Crippen molar-refractivity contribution in [1.82, 2.24) is 5.32 Å². The molecule has 3 nitrogen and oxygen atoms in total. The molecule has 0 fully saturated rings. The predicted octanol–water partition coefficient (Wildman–Crippen LogP) is 3.20. The molecule has 1 aromatic carbocycles. The van der Waals surface area contributed by atoms with E-state index in [4.69, 9.17) is 5.73 Å². The van der Waals surface area contributed by atoms with Crippen LogP contribution in [0.5, 0.6) is 0 Å². The second kappa shape index (κ2) is 7.85. The summed E-state index contributed by atoms with van der Waals surface area (Å²) in [5, 5.41) is 2.88. The number of hydrogen-bond acceptors (Lipinski definition) is 2. The summed E-state index contributed by atoms with van der Waals surface area (Å²) in [5.41, 5.74) is 7.78. The first kappa shape index (κ1) is 16.4. The predicted molar refractivity (Wildman–Crippen MR) is 85.2 cm³/mol. The van der Waals surface area contributed by atoms with Crippen LogP contribution in [0.3, 0.4) is 0 Å². The summed E-state index contributed by atoms with van der Waals surface area (Å²) in [6.45, 7) is 6.84. The van der Waals surface area contributed by atoms with E-state index in [1.807, 2.05) is 44.2 Å². The summed E-state index contributed by atoms with van der Waals surface area (Å²) < 4.78 is 0. The molecular formula is C17H26N2O. The van der Waals surface area contributed by atoms with E-state index < -0.39 is 0 Å². The van der Waals surface area contributed by atoms with Crippen molar-refractivity contribution in [2.24, 2.45) is 5.73 Å². The second-order valence-corrected chi connectivity index (χ2v) is 5.68. The van der Waals surface area contributed by atoms with Crippen molar-refractivity contribution in [2.45, 2.75) is 45.6 Å². The van der Waals surface area contributed by atoms with Crippen LogP contribution in [0.25, 0.3) is 6.08 Å². The monoisotopic (exact) mass is 274 g/mol. The average Bonchev–Trinajstić information content (AvgIpc) is 2.41. The van der Waals surface area contributed by atoms with Crippen molar-refractivity contribution in [1.29, 1.82) is 0 Å². The van der Waals surface area contributed by atoms with E-state index in [2.05, 4.69) is 12.2 Å². The van der Waals surface area contributed by atoms with Gasteiger partial charge in [0.05, 0.1) is 0 Å². The minimum absolute atomic E-state index is 0.0377. The molecular weight excluding hydrogens is 248 g/mol. The molecule has 0 radical (unpaired) electrons. The highest BCUT2D eigenvalue weighted by Crippen LogP contribution is 2.17. The highest BCUT2D eigenvalue weighted by Gasteiger charge is 2.12. The van der Waals surface area contributed by atoms with Gasteiger partial charge in [-0.1, -0.05) is 44.0 Å². The average molecular weight is 274 g/mol. The first-order valence-corrected chi connectivity index (χ1v) is 7.29. The fourth-order valence-electron chi connectivity index (χ4n) is 1.84. The van der Waals surface area contributed by atoms with Gasteiger partial charge in [-0.05, 0) is 37.5 Å². The molecule has 20 heavy (non-hydrogen) atoms. The van der Waals surface area contributed by atoms with Gasteiger partial charge in [0.15, 0.2) is 0 Å². The Balaban J connectivity index is 2.47. The van der Waals surface area contributed by atoms with Gasteiger partial charge in [-0.15, -0.1) is 0 Å². The fraction of sp³-hybridized carbons (Fsp3) is 0.471. The van der Waals surface area contributed by atoms with E-state index >= 15 is 0 Å². The van der Waals surface area contributed by atoms with Crippen LogP contribution < -0.4 is 11.1 Å². The zero-order chi connectivity index (χ0) is 15.0. The maximum Gasteiger partial charge on any atom is 0.243 e. The fourth-order valence-corrected chi connectivity index (χ4v) is 1.84. The molecule has 3 heteroatoms. The highest BCUT2D eigenvalue weighted by molar-refractivity contribution is 5.91. The van der Waals surface area contributed by atoms with Crippen molar-refractivity contribution in [3.8, 4) is 0 Å². The number of benzene rings is 1. The van der Waals surface area contributed by atoms with E-state index in [-0.39, 0.29) is 11.4 Å². The Labute approximate surface area is 122 Å². The van der Waals surface area contributed by atoms with Gasteiger partial charge >= 0.3 is 0 Å². The molecule has 0 aliphatic carbocycles. The molecule has 0 atom stereocenters. The van der Waals surface area contributed by atoms with Crippen LogP contribution in [0, 0.1) is 0 Å². The molecule has 0 aliphatic heterocycles. The molecule has 110 valence electrons. The zero-order valence-corrected chi connectivity index (χ0v) is 12.8. The number of amides is 1. The number of carbonyl (C=O) groups excluding carboxylic acids is 1. The second-order valence-electron chi connectivity index (χ2n) is 5.68. The van der Waals surface area contributed by atoms with Crippen LogP contribution in [-0.2, 0) is 10.3 Å². The lowest BCUT2D eigenvalue weighted by molar-refractivity contribution is -0.116. The molecule has 1 amide bonds. The Morgan fingerprint density at radius 1 is 1.25 bits per heavy atom. The van der Waals surface area contributed by atoms with Gasteiger partial charge < -0.3 is 11.1 Å². The number of nitrogens with one attached hydrogen (secondary N) is 1. The van der Waals surface area contributed by atoms with Gasteiger partial charge in [0.1, 0.15) is 0 Å². The Hall–Kier alpha value is -1.61. The van der Waals surface area contributed by atoms with Crippen LogP contribution in [0.2, 0.25) is 0 Å². The van der Waals surface area contributed by atoms with Gasteiger partial charge in [-0.2, -0.15) is 0 Å². The van der Waals surface area contributed by atoms with E-state index in [0.717, 1.165) is 36.9 Å². The van der Waals surface area contributed by atoms with Gasteiger partial charge in [0.2, 0.25) is 5.91 Å². The SMILES string of the molecule is CCCCCNC(=O)C=Cc1ccc(C(C)(C)N)cc1. The topological polar surface area (TPSA) is 55.1 Å². The quantitative estimate of drug-likeness (QED) is 0.592. The first-order valence-electron chi connectivity index (χ1n) is 7.29. The Morgan fingerprint density at radius 3 is 2.45 bits per heavy atom. The standard InChI is InChI=1S/C17H26N2O/c1-4-5-6-13-19-16(20)12-9-14-7-10-15(11-8-14)17(2,3)18/h7-12H,4-6,13,18H2,1-3H3,(H,19,20). The number of carbonyl (C=O) groups is 1. The van der Waals surface area contributed by atoms with Crippen LogP contribution in [0.15, 0.2) is 30.3 Å². The lowest BCUT2D eigenvalue weighted by Gasteiger charge is -2.18. The first-order chi connectivity index (χ1) is 9.43. The molecule has 3 N–H and O–H groups in total. The molecule has 0 aromatic heterocycles. The molecule has 0 saturated carbocycles. The van der Waals surface area contributed by atoms with E-state index in [1.54, 1.807) is 6.08 Å². The number of hydrogen-bond donors (Lipinski definition) is 2. The van der Waals surface area contributed by atoms with E-state index in [1.165, 1.54) is 0 Å². The van der Waals surface area contributed by atoms with Crippen molar-refractivity contribution in [3.05, 3.63) is 41.5 Å². The van der Waals surface area contributed by atoms with Crippen molar-refractivity contribution >= 4 is 12.0 Å². The maximum absolute atomic E-state index is 11.6. The van der Waals surface area contributed by atoms with Crippen molar-refractivity contribution in [3.63, 3.8) is 0 Å².